The van der Waals surface area contributed by atoms with Gasteiger partial charge in [0.1, 0.15) is 5.82 Å². The van der Waals surface area contributed by atoms with Crippen molar-refractivity contribution in [3.05, 3.63) is 36.5 Å². The summed E-state index contributed by atoms with van der Waals surface area (Å²) in [6.07, 6.45) is 3.07. The number of hydrogen-bond acceptors (Lipinski definition) is 3. The van der Waals surface area contributed by atoms with Crippen LogP contribution in [-0.2, 0) is 0 Å². The van der Waals surface area contributed by atoms with Gasteiger partial charge in [-0.25, -0.2) is 4.98 Å². The van der Waals surface area contributed by atoms with Crippen LogP contribution in [0.15, 0.2) is 31.0 Å². The summed E-state index contributed by atoms with van der Waals surface area (Å²) in [5.41, 5.74) is 0.880. The van der Waals surface area contributed by atoms with Crippen molar-refractivity contribution in [3.63, 3.8) is 0 Å². The minimum Gasteiger partial charge on any atom is -0.389 e. The number of rotatable bonds is 4. The molecule has 0 aliphatic heterocycles. The Labute approximate surface area is 84.7 Å². The molecule has 0 radical (unpaired) electrons. The number of nitrogens with zero attached hydrogens (tertiary/aromatic N) is 2. The van der Waals surface area contributed by atoms with Crippen LogP contribution < -0.4 is 4.90 Å². The number of hydrogen-bond donors (Lipinski definition) is 1. The van der Waals surface area contributed by atoms with Gasteiger partial charge in [0, 0.05) is 19.8 Å². The Morgan fingerprint density at radius 3 is 3.00 bits per heavy atom. The van der Waals surface area contributed by atoms with Crippen LogP contribution in [0, 0.1) is 0 Å². The molecule has 0 aliphatic rings. The van der Waals surface area contributed by atoms with Crippen LogP contribution in [0.3, 0.4) is 0 Å². The molecule has 14 heavy (non-hydrogen) atoms. The summed E-state index contributed by atoms with van der Waals surface area (Å²) in [5, 5.41) is 9.39. The van der Waals surface area contributed by atoms with Gasteiger partial charge in [0.2, 0.25) is 0 Å². The second-order valence-electron chi connectivity index (χ2n) is 3.29. The summed E-state index contributed by atoms with van der Waals surface area (Å²) in [7, 11) is 1.94. The fraction of sp³-hybridized carbons (Fsp3) is 0.364. The minimum atomic E-state index is -0.450. The highest BCUT2D eigenvalue weighted by molar-refractivity contribution is 5.41. The van der Waals surface area contributed by atoms with Gasteiger partial charge in [-0.15, -0.1) is 6.58 Å². The van der Waals surface area contributed by atoms with Gasteiger partial charge >= 0.3 is 0 Å². The number of aliphatic hydroxyl groups is 1. The van der Waals surface area contributed by atoms with Crippen molar-refractivity contribution in [2.75, 3.05) is 18.5 Å². The first-order valence-corrected chi connectivity index (χ1v) is 4.61. The quantitative estimate of drug-likeness (QED) is 0.738. The largest absolute Gasteiger partial charge is 0.389 e. The summed E-state index contributed by atoms with van der Waals surface area (Å²) in [6.45, 7) is 6.15. The molecule has 0 bridgehead atoms. The predicted molar refractivity (Wildman–Crippen MR) is 58.3 cm³/mol. The van der Waals surface area contributed by atoms with E-state index in [2.05, 4.69) is 11.6 Å². The standard InChI is InChI=1S/C11H16N2O/c1-4-7-13(3)11-8-10(9(2)14)5-6-12-11/h4-6,8-9,14H,1,7H2,2-3H3/t9-/m0/s1. The summed E-state index contributed by atoms with van der Waals surface area (Å²) in [5.74, 6) is 0.850. The highest BCUT2D eigenvalue weighted by Crippen LogP contribution is 2.16. The average molecular weight is 192 g/mol. The molecular weight excluding hydrogens is 176 g/mol. The van der Waals surface area contributed by atoms with Crippen LogP contribution in [0.5, 0.6) is 0 Å². The lowest BCUT2D eigenvalue weighted by molar-refractivity contribution is 0.199. The van der Waals surface area contributed by atoms with Crippen molar-refractivity contribution in [2.24, 2.45) is 0 Å². The van der Waals surface area contributed by atoms with E-state index in [1.54, 1.807) is 13.1 Å². The first kappa shape index (κ1) is 10.7. The van der Waals surface area contributed by atoms with Gasteiger partial charge in [0.25, 0.3) is 0 Å². The van der Waals surface area contributed by atoms with E-state index in [1.165, 1.54) is 0 Å². The van der Waals surface area contributed by atoms with Crippen molar-refractivity contribution in [3.8, 4) is 0 Å². The van der Waals surface area contributed by atoms with Gasteiger partial charge in [-0.2, -0.15) is 0 Å². The molecule has 0 aromatic carbocycles. The fourth-order valence-electron chi connectivity index (χ4n) is 1.19. The van der Waals surface area contributed by atoms with Crippen LogP contribution in [0.4, 0.5) is 5.82 Å². The van der Waals surface area contributed by atoms with E-state index >= 15 is 0 Å². The molecule has 1 heterocycles. The molecule has 3 heteroatoms. The third-order valence-corrected chi connectivity index (χ3v) is 2.05. The molecular formula is C11H16N2O. The number of anilines is 1. The molecule has 0 amide bonds. The van der Waals surface area contributed by atoms with E-state index in [0.29, 0.717) is 0 Å². The number of aliphatic hydroxyl groups excluding tert-OH is 1. The second kappa shape index (κ2) is 4.77. The molecule has 0 spiro atoms. The van der Waals surface area contributed by atoms with Gasteiger partial charge in [-0.05, 0) is 24.6 Å². The van der Waals surface area contributed by atoms with Crippen LogP contribution in [0.2, 0.25) is 0 Å². The predicted octanol–water partition coefficient (Wildman–Crippen LogP) is 1.76. The van der Waals surface area contributed by atoms with Crippen LogP contribution in [0.25, 0.3) is 0 Å². The molecule has 1 aromatic heterocycles. The monoisotopic (exact) mass is 192 g/mol. The maximum Gasteiger partial charge on any atom is 0.128 e. The third-order valence-electron chi connectivity index (χ3n) is 2.05. The average Bonchev–Trinajstić information content (AvgIpc) is 2.18. The lowest BCUT2D eigenvalue weighted by Crippen LogP contribution is -2.18. The lowest BCUT2D eigenvalue weighted by Gasteiger charge is -2.17. The number of likely N-dealkylation sites (N-methyl/N-ethyl adjacent to an activating group) is 1. The summed E-state index contributed by atoms with van der Waals surface area (Å²) < 4.78 is 0. The van der Waals surface area contributed by atoms with E-state index in [-0.39, 0.29) is 0 Å². The molecule has 0 saturated heterocycles. The van der Waals surface area contributed by atoms with Crippen LogP contribution in [-0.4, -0.2) is 23.7 Å². The molecule has 1 rings (SSSR count). The Kier molecular flexibility index (Phi) is 3.65. The third kappa shape index (κ3) is 2.57. The molecule has 3 nitrogen and oxygen atoms in total. The van der Waals surface area contributed by atoms with Crippen molar-refractivity contribution >= 4 is 5.82 Å². The summed E-state index contributed by atoms with van der Waals surface area (Å²) in [4.78, 5) is 6.18. The zero-order valence-corrected chi connectivity index (χ0v) is 8.64. The Morgan fingerprint density at radius 2 is 2.43 bits per heavy atom. The maximum atomic E-state index is 9.39. The first-order chi connectivity index (χ1) is 6.65. The van der Waals surface area contributed by atoms with E-state index in [9.17, 15) is 5.11 Å². The van der Waals surface area contributed by atoms with E-state index in [0.717, 1.165) is 17.9 Å². The smallest absolute Gasteiger partial charge is 0.128 e. The van der Waals surface area contributed by atoms with Crippen molar-refractivity contribution in [1.29, 1.82) is 0 Å². The van der Waals surface area contributed by atoms with Crippen LogP contribution in [0.1, 0.15) is 18.6 Å². The van der Waals surface area contributed by atoms with Crippen molar-refractivity contribution in [2.45, 2.75) is 13.0 Å². The Balaban J connectivity index is 2.87. The normalized spacial score (nSPS) is 12.2. The topological polar surface area (TPSA) is 36.4 Å². The van der Waals surface area contributed by atoms with Gasteiger partial charge in [0.15, 0.2) is 0 Å². The van der Waals surface area contributed by atoms with E-state index in [1.807, 2.05) is 30.2 Å². The highest BCUT2D eigenvalue weighted by atomic mass is 16.3. The van der Waals surface area contributed by atoms with Gasteiger partial charge < -0.3 is 10.0 Å². The maximum absolute atomic E-state index is 9.39. The Hall–Kier alpha value is -1.35. The zero-order chi connectivity index (χ0) is 10.6. The van der Waals surface area contributed by atoms with Crippen molar-refractivity contribution < 1.29 is 5.11 Å². The second-order valence-corrected chi connectivity index (χ2v) is 3.29. The van der Waals surface area contributed by atoms with Gasteiger partial charge in [0.05, 0.1) is 6.10 Å². The van der Waals surface area contributed by atoms with Gasteiger partial charge in [-0.1, -0.05) is 6.08 Å². The lowest BCUT2D eigenvalue weighted by atomic mass is 10.2. The molecule has 0 aliphatic carbocycles. The van der Waals surface area contributed by atoms with Crippen molar-refractivity contribution in [1.82, 2.24) is 4.98 Å². The molecule has 0 unspecified atom stereocenters. The number of aromatic nitrogens is 1. The minimum absolute atomic E-state index is 0.450. The first-order valence-electron chi connectivity index (χ1n) is 4.61. The molecule has 1 aromatic rings. The summed E-state index contributed by atoms with van der Waals surface area (Å²) in [6, 6.07) is 3.70. The SMILES string of the molecule is C=CCN(C)c1cc([C@H](C)O)ccn1. The molecule has 1 N–H and O–H groups in total. The summed E-state index contributed by atoms with van der Waals surface area (Å²) >= 11 is 0. The van der Waals surface area contributed by atoms with Gasteiger partial charge in [-0.3, -0.25) is 0 Å². The Morgan fingerprint density at radius 1 is 1.71 bits per heavy atom. The van der Waals surface area contributed by atoms with Crippen LogP contribution >= 0.6 is 0 Å². The zero-order valence-electron chi connectivity index (χ0n) is 8.64. The van der Waals surface area contributed by atoms with E-state index < -0.39 is 6.10 Å². The van der Waals surface area contributed by atoms with E-state index in [4.69, 9.17) is 0 Å². The molecule has 76 valence electrons. The molecule has 0 fully saturated rings. The fourth-order valence-corrected chi connectivity index (χ4v) is 1.19. The highest BCUT2D eigenvalue weighted by Gasteiger charge is 2.04. The Bertz CT molecular complexity index is 310. The number of pyridine rings is 1. The molecule has 0 saturated carbocycles. The molecule has 1 atom stereocenters.